The third kappa shape index (κ3) is 3.25. The smallest absolute Gasteiger partial charge is 0.339 e. The van der Waals surface area contributed by atoms with Crippen LogP contribution < -0.4 is 9.47 Å². The summed E-state index contributed by atoms with van der Waals surface area (Å²) in [7, 11) is 0. The zero-order valence-corrected chi connectivity index (χ0v) is 14.7. The lowest BCUT2D eigenvalue weighted by Crippen LogP contribution is -2.08. The predicted octanol–water partition coefficient (Wildman–Crippen LogP) is 3.64. The number of hydrogen-bond donors (Lipinski definition) is 0. The molecule has 3 aromatic rings. The molecular weight excluding hydrogens is 368 g/mol. The highest BCUT2D eigenvalue weighted by Gasteiger charge is 2.20. The van der Waals surface area contributed by atoms with Gasteiger partial charge in [-0.15, -0.1) is 0 Å². The summed E-state index contributed by atoms with van der Waals surface area (Å²) < 4.78 is 21.1. The van der Waals surface area contributed by atoms with E-state index >= 15 is 0 Å². The zero-order valence-electron chi connectivity index (χ0n) is 14.7. The third-order valence-electron chi connectivity index (χ3n) is 4.29. The second-order valence-corrected chi connectivity index (χ2v) is 6.03. The number of fused-ring (bicyclic) bond motifs is 1. The molecule has 1 aliphatic heterocycles. The number of esters is 1. The van der Waals surface area contributed by atoms with Crippen molar-refractivity contribution in [2.24, 2.45) is 0 Å². The summed E-state index contributed by atoms with van der Waals surface area (Å²) in [6, 6.07) is 11.2. The van der Waals surface area contributed by atoms with Gasteiger partial charge in [-0.25, -0.2) is 4.79 Å². The van der Waals surface area contributed by atoms with Crippen LogP contribution in [0.2, 0.25) is 0 Å². The lowest BCUT2D eigenvalue weighted by Gasteiger charge is -2.05. The summed E-state index contributed by atoms with van der Waals surface area (Å²) >= 11 is 0. The average Bonchev–Trinajstić information content (AvgIpc) is 3.34. The van der Waals surface area contributed by atoms with Gasteiger partial charge in [-0.05, 0) is 31.2 Å². The van der Waals surface area contributed by atoms with Crippen molar-refractivity contribution in [1.29, 1.82) is 0 Å². The van der Waals surface area contributed by atoms with Crippen molar-refractivity contribution in [2.75, 3.05) is 6.79 Å². The summed E-state index contributed by atoms with van der Waals surface area (Å²) in [5.74, 6) is 1.08. The number of nitro groups is 1. The maximum absolute atomic E-state index is 12.3. The van der Waals surface area contributed by atoms with Crippen LogP contribution in [-0.2, 0) is 11.3 Å². The Kier molecular flexibility index (Phi) is 4.40. The highest BCUT2D eigenvalue weighted by Crippen LogP contribution is 2.36. The number of ether oxygens (including phenoxy) is 3. The number of carbonyl (C=O) groups is 1. The lowest BCUT2D eigenvalue weighted by molar-refractivity contribution is -0.385. The number of benzene rings is 2. The Morgan fingerprint density at radius 3 is 2.86 bits per heavy atom. The highest BCUT2D eigenvalue weighted by atomic mass is 16.7. The molecule has 0 N–H and O–H groups in total. The van der Waals surface area contributed by atoms with E-state index in [1.807, 2.05) is 0 Å². The Hall–Kier alpha value is -3.88. The van der Waals surface area contributed by atoms with E-state index in [1.165, 1.54) is 25.1 Å². The van der Waals surface area contributed by atoms with Crippen molar-refractivity contribution in [3.8, 4) is 22.8 Å². The maximum atomic E-state index is 12.3. The molecule has 0 amide bonds. The first kappa shape index (κ1) is 17.5. The molecule has 142 valence electrons. The fourth-order valence-corrected chi connectivity index (χ4v) is 2.83. The van der Waals surface area contributed by atoms with Gasteiger partial charge in [0, 0.05) is 23.3 Å². The average molecular weight is 382 g/mol. The van der Waals surface area contributed by atoms with Gasteiger partial charge in [-0.2, -0.15) is 0 Å². The number of hydrogen-bond acceptors (Lipinski definition) is 8. The Balaban J connectivity index is 1.46. The molecule has 0 radical (unpaired) electrons. The second kappa shape index (κ2) is 7.03. The summed E-state index contributed by atoms with van der Waals surface area (Å²) in [6.07, 6.45) is 0. The van der Waals surface area contributed by atoms with Crippen molar-refractivity contribution in [3.05, 3.63) is 69.4 Å². The van der Waals surface area contributed by atoms with E-state index in [9.17, 15) is 14.9 Å². The van der Waals surface area contributed by atoms with Crippen molar-refractivity contribution in [2.45, 2.75) is 13.5 Å². The molecule has 0 aliphatic carbocycles. The largest absolute Gasteiger partial charge is 0.455 e. The minimum atomic E-state index is -0.672. The summed E-state index contributed by atoms with van der Waals surface area (Å²) in [5.41, 5.74) is 1.39. The van der Waals surface area contributed by atoms with Crippen LogP contribution in [-0.4, -0.2) is 22.8 Å². The van der Waals surface area contributed by atoms with Crippen LogP contribution in [0.4, 0.5) is 5.69 Å². The van der Waals surface area contributed by atoms with E-state index < -0.39 is 10.9 Å². The first-order chi connectivity index (χ1) is 13.5. The molecule has 4 rings (SSSR count). The van der Waals surface area contributed by atoms with E-state index in [1.54, 1.807) is 24.3 Å². The number of nitro benzene ring substituents is 1. The Labute approximate surface area is 158 Å². The molecule has 0 saturated heterocycles. The van der Waals surface area contributed by atoms with Crippen LogP contribution in [0.1, 0.15) is 21.6 Å². The van der Waals surface area contributed by atoms with Crippen LogP contribution in [0.25, 0.3) is 11.3 Å². The lowest BCUT2D eigenvalue weighted by atomic mass is 10.1. The van der Waals surface area contributed by atoms with Crippen LogP contribution in [0.5, 0.6) is 11.5 Å². The Morgan fingerprint density at radius 2 is 2.04 bits per heavy atom. The molecular formula is C19H14N2O7. The minimum Gasteiger partial charge on any atom is -0.455 e. The van der Waals surface area contributed by atoms with Gasteiger partial charge in [0.1, 0.15) is 12.3 Å². The molecule has 2 aromatic carbocycles. The van der Waals surface area contributed by atoms with E-state index in [0.29, 0.717) is 23.0 Å². The zero-order chi connectivity index (χ0) is 19.7. The minimum absolute atomic E-state index is 0.130. The van der Waals surface area contributed by atoms with Gasteiger partial charge in [0.15, 0.2) is 17.3 Å². The van der Waals surface area contributed by atoms with E-state index in [2.05, 4.69) is 5.16 Å². The van der Waals surface area contributed by atoms with E-state index in [4.69, 9.17) is 18.7 Å². The first-order valence-electron chi connectivity index (χ1n) is 8.29. The molecule has 0 saturated carbocycles. The molecule has 9 heteroatoms. The van der Waals surface area contributed by atoms with Gasteiger partial charge in [-0.3, -0.25) is 10.1 Å². The molecule has 1 aromatic heterocycles. The molecule has 0 bridgehead atoms. The summed E-state index contributed by atoms with van der Waals surface area (Å²) in [6.45, 7) is 1.55. The Bertz CT molecular complexity index is 1070. The van der Waals surface area contributed by atoms with E-state index in [-0.39, 0.29) is 30.2 Å². The summed E-state index contributed by atoms with van der Waals surface area (Å²) in [4.78, 5) is 22.7. The third-order valence-corrected chi connectivity index (χ3v) is 4.29. The Morgan fingerprint density at radius 1 is 1.21 bits per heavy atom. The normalized spacial score (nSPS) is 12.0. The van der Waals surface area contributed by atoms with Gasteiger partial charge >= 0.3 is 5.97 Å². The number of nitrogens with zero attached hydrogens (tertiary/aromatic N) is 2. The first-order valence-corrected chi connectivity index (χ1v) is 8.29. The maximum Gasteiger partial charge on any atom is 0.339 e. The topological polar surface area (TPSA) is 114 Å². The number of carbonyl (C=O) groups excluding carboxylic acids is 1. The van der Waals surface area contributed by atoms with Gasteiger partial charge in [-0.1, -0.05) is 11.2 Å². The van der Waals surface area contributed by atoms with Crippen molar-refractivity contribution in [3.63, 3.8) is 0 Å². The molecule has 28 heavy (non-hydrogen) atoms. The van der Waals surface area contributed by atoms with Crippen molar-refractivity contribution < 1.29 is 28.5 Å². The molecule has 0 fully saturated rings. The quantitative estimate of drug-likeness (QED) is 0.373. The van der Waals surface area contributed by atoms with Crippen molar-refractivity contribution in [1.82, 2.24) is 5.16 Å². The molecule has 2 heterocycles. The molecule has 0 unspecified atom stereocenters. The van der Waals surface area contributed by atoms with Crippen LogP contribution >= 0.6 is 0 Å². The number of rotatable bonds is 5. The van der Waals surface area contributed by atoms with Crippen LogP contribution in [0, 0.1) is 17.0 Å². The van der Waals surface area contributed by atoms with E-state index in [0.717, 1.165) is 5.56 Å². The fraction of sp³-hybridized carbons (Fsp3) is 0.158. The van der Waals surface area contributed by atoms with Gasteiger partial charge in [0.25, 0.3) is 5.69 Å². The standard InChI is InChI=1S/C19H14N2O7/c1-11-14(3-2-4-15(11)21(23)24)19(22)25-9-13-8-17(28-20-13)12-5-6-16-18(7-12)27-10-26-16/h2-8H,9-10H2,1H3. The van der Waals surface area contributed by atoms with Crippen LogP contribution in [0.3, 0.4) is 0 Å². The SMILES string of the molecule is Cc1c(C(=O)OCc2cc(-c3ccc4c(c3)OCO4)on2)cccc1[N+](=O)[O-]. The second-order valence-electron chi connectivity index (χ2n) is 6.03. The molecule has 0 spiro atoms. The highest BCUT2D eigenvalue weighted by molar-refractivity contribution is 5.92. The van der Waals surface area contributed by atoms with Gasteiger partial charge in [0.2, 0.25) is 6.79 Å². The van der Waals surface area contributed by atoms with Gasteiger partial charge < -0.3 is 18.7 Å². The monoisotopic (exact) mass is 382 g/mol. The van der Waals surface area contributed by atoms with Crippen LogP contribution in [0.15, 0.2) is 47.0 Å². The van der Waals surface area contributed by atoms with Crippen molar-refractivity contribution >= 4 is 11.7 Å². The predicted molar refractivity (Wildman–Crippen MR) is 95.0 cm³/mol. The molecule has 1 aliphatic rings. The number of aromatic nitrogens is 1. The molecule has 9 nitrogen and oxygen atoms in total. The molecule has 0 atom stereocenters. The summed E-state index contributed by atoms with van der Waals surface area (Å²) in [5, 5.41) is 14.9. The fourth-order valence-electron chi connectivity index (χ4n) is 2.83. The van der Waals surface area contributed by atoms with Gasteiger partial charge in [0.05, 0.1) is 10.5 Å².